The van der Waals surface area contributed by atoms with E-state index in [1.807, 2.05) is 42.5 Å². The van der Waals surface area contributed by atoms with Crippen molar-refractivity contribution in [3.05, 3.63) is 71.5 Å². The molecule has 4 rings (SSSR count). The van der Waals surface area contributed by atoms with Gasteiger partial charge in [-0.25, -0.2) is 4.98 Å². The van der Waals surface area contributed by atoms with Crippen LogP contribution in [0.5, 0.6) is 5.75 Å². The Balaban J connectivity index is 1.62. The van der Waals surface area contributed by atoms with Crippen LogP contribution in [-0.4, -0.2) is 21.3 Å². The highest BCUT2D eigenvalue weighted by molar-refractivity contribution is 6.31. The molecule has 0 spiro atoms. The molecule has 5 heteroatoms. The summed E-state index contributed by atoms with van der Waals surface area (Å²) in [7, 11) is 0. The van der Waals surface area contributed by atoms with Gasteiger partial charge in [-0.15, -0.1) is 0 Å². The molecule has 132 valence electrons. The van der Waals surface area contributed by atoms with Crippen molar-refractivity contribution in [3.63, 3.8) is 0 Å². The van der Waals surface area contributed by atoms with Crippen molar-refractivity contribution in [2.75, 3.05) is 6.61 Å². The Kier molecular flexibility index (Phi) is 4.78. The minimum atomic E-state index is 0.137. The van der Waals surface area contributed by atoms with E-state index in [1.54, 1.807) is 0 Å². The second-order valence-electron chi connectivity index (χ2n) is 6.19. The summed E-state index contributed by atoms with van der Waals surface area (Å²) < 4.78 is 8.09. The van der Waals surface area contributed by atoms with Crippen molar-refractivity contribution in [2.24, 2.45) is 0 Å². The molecule has 0 aliphatic rings. The predicted octanol–water partition coefficient (Wildman–Crippen LogP) is 4.80. The fourth-order valence-electron chi connectivity index (χ4n) is 3.15. The lowest BCUT2D eigenvalue weighted by Gasteiger charge is -2.10. The summed E-state index contributed by atoms with van der Waals surface area (Å²) in [5, 5.41) is 12.2. The van der Waals surface area contributed by atoms with Gasteiger partial charge in [0.1, 0.15) is 18.2 Å². The van der Waals surface area contributed by atoms with Gasteiger partial charge in [-0.1, -0.05) is 41.9 Å². The van der Waals surface area contributed by atoms with Crippen LogP contribution in [0.15, 0.2) is 60.7 Å². The zero-order valence-corrected chi connectivity index (χ0v) is 15.0. The molecule has 3 aromatic carbocycles. The van der Waals surface area contributed by atoms with Gasteiger partial charge < -0.3 is 14.4 Å². The van der Waals surface area contributed by atoms with Crippen molar-refractivity contribution < 1.29 is 9.84 Å². The van der Waals surface area contributed by atoms with Gasteiger partial charge in [-0.3, -0.25) is 0 Å². The summed E-state index contributed by atoms with van der Waals surface area (Å²) in [6.07, 6.45) is 0.664. The minimum absolute atomic E-state index is 0.137. The quantitative estimate of drug-likeness (QED) is 0.533. The third kappa shape index (κ3) is 3.39. The van der Waals surface area contributed by atoms with E-state index < -0.39 is 0 Å². The van der Waals surface area contributed by atoms with Gasteiger partial charge in [-0.2, -0.15) is 0 Å². The molecule has 0 aliphatic carbocycles. The van der Waals surface area contributed by atoms with Crippen LogP contribution in [0.1, 0.15) is 12.2 Å². The largest absolute Gasteiger partial charge is 0.486 e. The van der Waals surface area contributed by atoms with E-state index in [-0.39, 0.29) is 6.61 Å². The van der Waals surface area contributed by atoms with Crippen LogP contribution in [0.2, 0.25) is 5.02 Å². The highest BCUT2D eigenvalue weighted by atomic mass is 35.5. The molecule has 0 saturated heterocycles. The Morgan fingerprint density at radius 3 is 2.69 bits per heavy atom. The smallest absolute Gasteiger partial charge is 0.148 e. The summed E-state index contributed by atoms with van der Waals surface area (Å²) >= 11 is 6.09. The maximum Gasteiger partial charge on any atom is 0.148 e. The molecule has 4 nitrogen and oxygen atoms in total. The molecule has 26 heavy (non-hydrogen) atoms. The molecular formula is C21H19ClN2O2. The highest BCUT2D eigenvalue weighted by Gasteiger charge is 2.12. The molecule has 0 atom stereocenters. The van der Waals surface area contributed by atoms with Crippen molar-refractivity contribution in [1.82, 2.24) is 9.55 Å². The minimum Gasteiger partial charge on any atom is -0.486 e. The van der Waals surface area contributed by atoms with Gasteiger partial charge in [0.05, 0.1) is 11.0 Å². The van der Waals surface area contributed by atoms with Crippen molar-refractivity contribution in [2.45, 2.75) is 19.6 Å². The first kappa shape index (κ1) is 16.9. The van der Waals surface area contributed by atoms with E-state index in [2.05, 4.69) is 27.8 Å². The molecule has 4 aromatic rings. The summed E-state index contributed by atoms with van der Waals surface area (Å²) in [6.45, 7) is 1.18. The normalized spacial score (nSPS) is 11.3. The number of rotatable bonds is 6. The molecule has 1 heterocycles. The van der Waals surface area contributed by atoms with Gasteiger partial charge >= 0.3 is 0 Å². The lowest BCUT2D eigenvalue weighted by molar-refractivity contribution is 0.270. The molecule has 0 amide bonds. The molecule has 0 saturated carbocycles. The fraction of sp³-hybridized carbons (Fsp3) is 0.190. The molecule has 0 bridgehead atoms. The number of halogens is 1. The van der Waals surface area contributed by atoms with E-state index in [1.165, 1.54) is 5.39 Å². The van der Waals surface area contributed by atoms with Crippen molar-refractivity contribution >= 4 is 33.4 Å². The number of aliphatic hydroxyl groups excluding tert-OH is 1. The Morgan fingerprint density at radius 1 is 1.00 bits per heavy atom. The van der Waals surface area contributed by atoms with Gasteiger partial charge in [-0.05, 0) is 47.5 Å². The number of fused-ring (bicyclic) bond motifs is 2. The summed E-state index contributed by atoms with van der Waals surface area (Å²) in [6, 6.07) is 19.9. The number of ether oxygens (including phenoxy) is 1. The number of imidazole rings is 1. The topological polar surface area (TPSA) is 47.3 Å². The number of aryl methyl sites for hydroxylation is 1. The first-order valence-corrected chi connectivity index (χ1v) is 8.99. The number of hydrogen-bond donors (Lipinski definition) is 1. The monoisotopic (exact) mass is 366 g/mol. The van der Waals surface area contributed by atoms with E-state index >= 15 is 0 Å². The van der Waals surface area contributed by atoms with Crippen LogP contribution in [0.3, 0.4) is 0 Å². The number of nitrogens with zero attached hydrogens (tertiary/aromatic N) is 2. The number of benzene rings is 3. The van der Waals surface area contributed by atoms with Crippen LogP contribution in [-0.2, 0) is 13.2 Å². The Bertz CT molecular complexity index is 1060. The number of aliphatic hydroxyl groups is 1. The zero-order valence-electron chi connectivity index (χ0n) is 14.2. The van der Waals surface area contributed by atoms with Crippen LogP contribution < -0.4 is 4.74 Å². The standard InChI is InChI=1S/C21H19ClN2O2/c22-17-7-9-20-19(13-17)23-21(24(20)10-3-11-25)14-26-18-8-6-15-4-1-2-5-16(15)12-18/h1-2,4-9,12-13,25H,3,10-11,14H2. The molecular weight excluding hydrogens is 348 g/mol. The van der Waals surface area contributed by atoms with Crippen LogP contribution in [0.4, 0.5) is 0 Å². The third-order valence-electron chi connectivity index (χ3n) is 4.42. The average molecular weight is 367 g/mol. The van der Waals surface area contributed by atoms with E-state index in [0.717, 1.165) is 28.0 Å². The van der Waals surface area contributed by atoms with Crippen LogP contribution >= 0.6 is 11.6 Å². The maximum atomic E-state index is 9.19. The fourth-order valence-corrected chi connectivity index (χ4v) is 3.31. The second-order valence-corrected chi connectivity index (χ2v) is 6.62. The van der Waals surface area contributed by atoms with Gasteiger partial charge in [0, 0.05) is 18.2 Å². The Morgan fingerprint density at radius 2 is 1.85 bits per heavy atom. The lowest BCUT2D eigenvalue weighted by atomic mass is 10.1. The molecule has 0 fully saturated rings. The summed E-state index contributed by atoms with van der Waals surface area (Å²) in [5.74, 6) is 1.63. The van der Waals surface area contributed by atoms with E-state index in [0.29, 0.717) is 24.6 Å². The van der Waals surface area contributed by atoms with Crippen LogP contribution in [0, 0.1) is 0 Å². The summed E-state index contributed by atoms with van der Waals surface area (Å²) in [5.41, 5.74) is 1.84. The average Bonchev–Trinajstić information content (AvgIpc) is 3.01. The third-order valence-corrected chi connectivity index (χ3v) is 4.65. The Labute approximate surface area is 156 Å². The van der Waals surface area contributed by atoms with E-state index in [9.17, 15) is 5.11 Å². The van der Waals surface area contributed by atoms with Gasteiger partial charge in [0.2, 0.25) is 0 Å². The maximum absolute atomic E-state index is 9.19. The SMILES string of the molecule is OCCCn1c(COc2ccc3ccccc3c2)nc2cc(Cl)ccc21. The lowest BCUT2D eigenvalue weighted by Crippen LogP contribution is -2.08. The molecule has 0 radical (unpaired) electrons. The van der Waals surface area contributed by atoms with Gasteiger partial charge in [0.25, 0.3) is 0 Å². The number of aromatic nitrogens is 2. The zero-order chi connectivity index (χ0) is 17.9. The van der Waals surface area contributed by atoms with Crippen molar-refractivity contribution in [3.8, 4) is 5.75 Å². The molecule has 1 N–H and O–H groups in total. The first-order valence-electron chi connectivity index (χ1n) is 8.62. The molecule has 0 unspecified atom stereocenters. The predicted molar refractivity (Wildman–Crippen MR) is 105 cm³/mol. The first-order chi connectivity index (χ1) is 12.7. The Hall–Kier alpha value is -2.56. The van der Waals surface area contributed by atoms with E-state index in [4.69, 9.17) is 16.3 Å². The summed E-state index contributed by atoms with van der Waals surface area (Å²) in [4.78, 5) is 4.68. The highest BCUT2D eigenvalue weighted by Crippen LogP contribution is 2.24. The van der Waals surface area contributed by atoms with Gasteiger partial charge in [0.15, 0.2) is 0 Å². The second kappa shape index (κ2) is 7.36. The number of hydrogen-bond acceptors (Lipinski definition) is 3. The molecule has 1 aromatic heterocycles. The van der Waals surface area contributed by atoms with Crippen LogP contribution in [0.25, 0.3) is 21.8 Å². The van der Waals surface area contributed by atoms with Crippen molar-refractivity contribution in [1.29, 1.82) is 0 Å². The molecule has 0 aliphatic heterocycles.